The lowest BCUT2D eigenvalue weighted by atomic mass is 10.1. The summed E-state index contributed by atoms with van der Waals surface area (Å²) in [6.45, 7) is 6.21. The number of anilines is 1. The van der Waals surface area contributed by atoms with Gasteiger partial charge in [0.05, 0.1) is 18.8 Å². The Bertz CT molecular complexity index is 1330. The Hall–Kier alpha value is -3.37. The Morgan fingerprint density at radius 2 is 1.57 bits per heavy atom. The van der Waals surface area contributed by atoms with Crippen LogP contribution in [-0.4, -0.2) is 85.2 Å². The monoisotopic (exact) mass is 556 g/mol. The Labute approximate surface area is 232 Å². The lowest BCUT2D eigenvalue weighted by molar-refractivity contribution is -0.137. The molecule has 0 spiro atoms. The normalized spacial score (nSPS) is 17.0. The van der Waals surface area contributed by atoms with Crippen molar-refractivity contribution in [3.63, 3.8) is 0 Å². The highest BCUT2D eigenvalue weighted by Gasteiger charge is 2.31. The maximum absolute atomic E-state index is 13.0. The molecule has 0 unspecified atom stereocenters. The number of carbonyl (C=O) groups is 2. The number of rotatable bonds is 8. The Morgan fingerprint density at radius 3 is 2.33 bits per heavy atom. The Balaban J connectivity index is 1.03. The van der Waals surface area contributed by atoms with Gasteiger partial charge in [0.25, 0.3) is 5.91 Å². The molecule has 3 aromatic rings. The molecule has 0 N–H and O–H groups in total. The maximum atomic E-state index is 13.0. The van der Waals surface area contributed by atoms with Crippen LogP contribution in [0.25, 0.3) is 10.8 Å². The second-order valence-electron chi connectivity index (χ2n) is 10.5. The van der Waals surface area contributed by atoms with Crippen LogP contribution in [-0.2, 0) is 10.9 Å². The number of unbranched alkanes of at least 4 members (excludes halogenated alkanes) is 2. The van der Waals surface area contributed by atoms with Crippen LogP contribution < -0.4 is 4.90 Å². The minimum Gasteiger partial charge on any atom is -0.378 e. The summed E-state index contributed by atoms with van der Waals surface area (Å²) in [5, 5.41) is 1.80. The topological polar surface area (TPSA) is 58.0 Å². The fourth-order valence-electron chi connectivity index (χ4n) is 5.39. The Morgan fingerprint density at radius 1 is 0.825 bits per heavy atom. The molecular formula is C30H35F3N4O3. The van der Waals surface area contributed by atoms with Crippen molar-refractivity contribution in [2.24, 2.45) is 0 Å². The van der Waals surface area contributed by atoms with Crippen LogP contribution in [0.15, 0.2) is 54.9 Å². The first kappa shape index (κ1) is 28.2. The summed E-state index contributed by atoms with van der Waals surface area (Å²) < 4.78 is 46.0. The second kappa shape index (κ2) is 12.4. The summed E-state index contributed by atoms with van der Waals surface area (Å²) in [5.41, 5.74) is 0.624. The van der Waals surface area contributed by atoms with Crippen molar-refractivity contribution in [2.75, 3.05) is 63.9 Å². The molecule has 0 radical (unpaired) electrons. The summed E-state index contributed by atoms with van der Waals surface area (Å²) in [6.07, 6.45) is 2.43. The molecule has 2 aliphatic rings. The van der Waals surface area contributed by atoms with Crippen LogP contribution in [0.5, 0.6) is 0 Å². The number of fused-ring (bicyclic) bond motifs is 1. The smallest absolute Gasteiger partial charge is 0.378 e. The number of alkyl halides is 3. The first-order chi connectivity index (χ1) is 19.3. The first-order valence-electron chi connectivity index (χ1n) is 13.9. The number of benzene rings is 2. The van der Waals surface area contributed by atoms with E-state index >= 15 is 0 Å². The maximum Gasteiger partial charge on any atom is 0.416 e. The van der Waals surface area contributed by atoms with E-state index in [1.54, 1.807) is 21.7 Å². The van der Waals surface area contributed by atoms with Crippen molar-refractivity contribution in [3.8, 4) is 0 Å². The van der Waals surface area contributed by atoms with E-state index < -0.39 is 11.7 Å². The zero-order chi connectivity index (χ0) is 28.1. The second-order valence-corrected chi connectivity index (χ2v) is 10.5. The Kier molecular flexibility index (Phi) is 8.75. The molecule has 0 saturated carbocycles. The number of nitrogens with zero attached hydrogens (tertiary/aromatic N) is 4. The molecule has 2 aromatic carbocycles. The molecule has 3 heterocycles. The van der Waals surface area contributed by atoms with Crippen molar-refractivity contribution in [3.05, 3.63) is 66.0 Å². The average molecular weight is 557 g/mol. The average Bonchev–Trinajstić information content (AvgIpc) is 3.41. The van der Waals surface area contributed by atoms with E-state index in [0.717, 1.165) is 55.7 Å². The van der Waals surface area contributed by atoms with Crippen LogP contribution in [0.1, 0.15) is 46.4 Å². The fraction of sp³-hybridized carbons (Fsp3) is 0.467. The summed E-state index contributed by atoms with van der Waals surface area (Å²) in [5.74, 6) is 0.0216. The molecule has 0 bridgehead atoms. The zero-order valence-corrected chi connectivity index (χ0v) is 22.5. The largest absolute Gasteiger partial charge is 0.416 e. The van der Waals surface area contributed by atoms with Gasteiger partial charge in [-0.05, 0) is 55.1 Å². The standard InChI is InChI=1S/C30H35F3N4O3/c31-30(32,33)26-5-4-6-27(20-26)35-13-11-34(12-14-35)10-3-1-2-7-28(38)37-21-24-9-8-23(19-25(24)22-37)29(39)36-15-17-40-18-16-36/h4-6,8-9,19-22H,1-3,7,10-18H2. The van der Waals surface area contributed by atoms with Crippen molar-refractivity contribution >= 4 is 28.3 Å². The van der Waals surface area contributed by atoms with Gasteiger partial charge in [0.2, 0.25) is 5.91 Å². The van der Waals surface area contributed by atoms with E-state index in [2.05, 4.69) is 4.90 Å². The number of aromatic nitrogens is 1. The van der Waals surface area contributed by atoms with Gasteiger partial charge >= 0.3 is 6.18 Å². The van der Waals surface area contributed by atoms with Crippen LogP contribution in [0.3, 0.4) is 0 Å². The molecule has 1 aromatic heterocycles. The lowest BCUT2D eigenvalue weighted by Crippen LogP contribution is -2.46. The predicted octanol–water partition coefficient (Wildman–Crippen LogP) is 5.16. The number of amides is 1. The molecule has 7 nitrogen and oxygen atoms in total. The summed E-state index contributed by atoms with van der Waals surface area (Å²) in [6, 6.07) is 11.1. The highest BCUT2D eigenvalue weighted by molar-refractivity contribution is 5.99. The molecule has 2 saturated heterocycles. The van der Waals surface area contributed by atoms with E-state index in [0.29, 0.717) is 57.1 Å². The third-order valence-electron chi connectivity index (χ3n) is 7.75. The highest BCUT2D eigenvalue weighted by atomic mass is 19.4. The van der Waals surface area contributed by atoms with Gasteiger partial charge in [0.15, 0.2) is 0 Å². The minimum absolute atomic E-state index is 0.0126. The van der Waals surface area contributed by atoms with Gasteiger partial charge in [-0.3, -0.25) is 19.1 Å². The van der Waals surface area contributed by atoms with Gasteiger partial charge < -0.3 is 14.5 Å². The quantitative estimate of drug-likeness (QED) is 0.359. The fourth-order valence-corrected chi connectivity index (χ4v) is 5.39. The third kappa shape index (κ3) is 6.85. The van der Waals surface area contributed by atoms with Gasteiger partial charge in [-0.25, -0.2) is 0 Å². The lowest BCUT2D eigenvalue weighted by Gasteiger charge is -2.36. The number of hydrogen-bond donors (Lipinski definition) is 0. The first-order valence-corrected chi connectivity index (χ1v) is 13.9. The van der Waals surface area contributed by atoms with E-state index in [-0.39, 0.29) is 11.8 Å². The number of morpholine rings is 1. The van der Waals surface area contributed by atoms with Crippen LogP contribution >= 0.6 is 0 Å². The number of halogens is 3. The molecule has 214 valence electrons. The van der Waals surface area contributed by atoms with Crippen molar-refractivity contribution in [1.82, 2.24) is 14.4 Å². The molecule has 2 aliphatic heterocycles. The highest BCUT2D eigenvalue weighted by Crippen LogP contribution is 2.32. The summed E-state index contributed by atoms with van der Waals surface area (Å²) in [4.78, 5) is 31.7. The molecular weight excluding hydrogens is 521 g/mol. The molecule has 0 aliphatic carbocycles. The summed E-state index contributed by atoms with van der Waals surface area (Å²) in [7, 11) is 0. The van der Waals surface area contributed by atoms with Crippen LogP contribution in [0.2, 0.25) is 0 Å². The summed E-state index contributed by atoms with van der Waals surface area (Å²) >= 11 is 0. The van der Waals surface area contributed by atoms with Gasteiger partial charge in [0, 0.05) is 74.7 Å². The molecule has 1 amide bonds. The predicted molar refractivity (Wildman–Crippen MR) is 148 cm³/mol. The van der Waals surface area contributed by atoms with E-state index in [4.69, 9.17) is 4.74 Å². The number of carbonyl (C=O) groups excluding carboxylic acids is 2. The SMILES string of the molecule is O=C(c1ccc2cn(C(=O)CCCCCN3CCN(c4cccc(C(F)(F)F)c4)CC3)cc2c1)N1CCOCC1. The van der Waals surface area contributed by atoms with E-state index in [9.17, 15) is 22.8 Å². The van der Waals surface area contributed by atoms with Gasteiger partial charge in [0.1, 0.15) is 0 Å². The van der Waals surface area contributed by atoms with Crippen molar-refractivity contribution in [2.45, 2.75) is 31.9 Å². The zero-order valence-electron chi connectivity index (χ0n) is 22.5. The number of hydrogen-bond acceptors (Lipinski definition) is 5. The molecule has 0 atom stereocenters. The molecule has 2 fully saturated rings. The minimum atomic E-state index is -4.33. The van der Waals surface area contributed by atoms with Crippen LogP contribution in [0.4, 0.5) is 18.9 Å². The van der Waals surface area contributed by atoms with Crippen molar-refractivity contribution in [1.29, 1.82) is 0 Å². The van der Waals surface area contributed by atoms with E-state index in [1.807, 2.05) is 29.3 Å². The van der Waals surface area contributed by atoms with Crippen molar-refractivity contribution < 1.29 is 27.5 Å². The number of ether oxygens (including phenoxy) is 1. The third-order valence-corrected chi connectivity index (χ3v) is 7.75. The molecule has 5 rings (SSSR count). The number of piperazine rings is 1. The molecule has 10 heteroatoms. The van der Waals surface area contributed by atoms with Gasteiger partial charge in [-0.2, -0.15) is 13.2 Å². The molecule has 40 heavy (non-hydrogen) atoms. The van der Waals surface area contributed by atoms with Crippen LogP contribution in [0, 0.1) is 0 Å². The van der Waals surface area contributed by atoms with Gasteiger partial charge in [-0.15, -0.1) is 0 Å². The van der Waals surface area contributed by atoms with Gasteiger partial charge in [-0.1, -0.05) is 18.6 Å². The van der Waals surface area contributed by atoms with E-state index in [1.165, 1.54) is 12.1 Å².